The third-order valence-electron chi connectivity index (χ3n) is 7.16. The van der Waals surface area contributed by atoms with E-state index in [1.807, 2.05) is 12.1 Å². The van der Waals surface area contributed by atoms with Crippen LogP contribution in [-0.2, 0) is 24.6 Å². The van der Waals surface area contributed by atoms with E-state index < -0.39 is 31.6 Å². The monoisotopic (exact) mass is 564 g/mol. The highest BCUT2D eigenvalue weighted by molar-refractivity contribution is 7.90. The predicted molar refractivity (Wildman–Crippen MR) is 140 cm³/mol. The Hall–Kier alpha value is -2.48. The Morgan fingerprint density at radius 2 is 1.87 bits per heavy atom. The van der Waals surface area contributed by atoms with Crippen LogP contribution in [0.1, 0.15) is 19.3 Å². The molecule has 1 aromatic heterocycles. The highest BCUT2D eigenvalue weighted by Crippen LogP contribution is 2.38. The van der Waals surface area contributed by atoms with Gasteiger partial charge in [-0.2, -0.15) is 4.31 Å². The van der Waals surface area contributed by atoms with E-state index in [1.165, 1.54) is 16.4 Å². The highest BCUT2D eigenvalue weighted by Gasteiger charge is 2.45. The summed E-state index contributed by atoms with van der Waals surface area (Å²) in [5.74, 6) is 0.375. The van der Waals surface area contributed by atoms with Crippen molar-refractivity contribution in [2.75, 3.05) is 39.1 Å². The first-order valence-corrected chi connectivity index (χ1v) is 15.8. The number of sulfonamides is 1. The maximum Gasteiger partial charge on any atom is 0.276 e. The molecule has 2 fully saturated rings. The Morgan fingerprint density at radius 1 is 1.11 bits per heavy atom. The van der Waals surface area contributed by atoms with Gasteiger partial charge in [0.1, 0.15) is 24.0 Å². The molecule has 0 aliphatic carbocycles. The fourth-order valence-corrected chi connectivity index (χ4v) is 7.06. The average molecular weight is 565 g/mol. The van der Waals surface area contributed by atoms with Crippen LogP contribution in [0, 0.1) is 0 Å². The molecule has 206 valence electrons. The number of nitrogens with zero attached hydrogens (tertiary/aromatic N) is 1. The largest absolute Gasteiger partial charge is 0.491 e. The van der Waals surface area contributed by atoms with Crippen LogP contribution in [0.25, 0.3) is 11.0 Å². The number of benzene rings is 2. The van der Waals surface area contributed by atoms with Crippen LogP contribution < -0.4 is 10.1 Å². The molecule has 3 aromatic rings. The number of ether oxygens (including phenoxy) is 2. The minimum Gasteiger partial charge on any atom is -0.491 e. The normalized spacial score (nSPS) is 21.2. The van der Waals surface area contributed by atoms with E-state index in [0.717, 1.165) is 18.1 Å². The fourth-order valence-electron chi connectivity index (χ4n) is 5.02. The van der Waals surface area contributed by atoms with Gasteiger partial charge in [-0.3, -0.25) is 0 Å². The number of sulfone groups is 1. The van der Waals surface area contributed by atoms with Crippen LogP contribution in [0.3, 0.4) is 0 Å². The number of hydrogen-bond donors (Lipinski definition) is 2. The SMILES string of the molecule is CS(=O)(=O)c1cccc(OCC(O)CNC2COC3(CCN(S(=O)(=O)c4cc5ccccc5o4)CC3)C2)c1. The van der Waals surface area contributed by atoms with Gasteiger partial charge in [-0.05, 0) is 43.5 Å². The average Bonchev–Trinajstić information content (AvgIpc) is 3.51. The molecule has 0 saturated carbocycles. The van der Waals surface area contributed by atoms with Gasteiger partial charge in [0.15, 0.2) is 9.84 Å². The zero-order valence-corrected chi connectivity index (χ0v) is 22.7. The van der Waals surface area contributed by atoms with Gasteiger partial charge in [0.2, 0.25) is 5.09 Å². The summed E-state index contributed by atoms with van der Waals surface area (Å²) in [5.41, 5.74) is 0.146. The van der Waals surface area contributed by atoms with Crippen molar-refractivity contribution in [2.45, 2.75) is 47.0 Å². The first-order chi connectivity index (χ1) is 18.0. The molecule has 5 rings (SSSR count). The molecule has 10 nitrogen and oxygen atoms in total. The topological polar surface area (TPSA) is 135 Å². The Morgan fingerprint density at radius 3 is 2.61 bits per heavy atom. The molecule has 0 radical (unpaired) electrons. The van der Waals surface area contributed by atoms with Gasteiger partial charge < -0.3 is 24.3 Å². The van der Waals surface area contributed by atoms with Crippen molar-refractivity contribution in [3.05, 3.63) is 54.6 Å². The molecule has 38 heavy (non-hydrogen) atoms. The molecule has 2 N–H and O–H groups in total. The zero-order valence-electron chi connectivity index (χ0n) is 21.1. The van der Waals surface area contributed by atoms with Crippen molar-refractivity contribution >= 4 is 30.8 Å². The highest BCUT2D eigenvalue weighted by atomic mass is 32.2. The summed E-state index contributed by atoms with van der Waals surface area (Å²) in [4.78, 5) is 0.160. The van der Waals surface area contributed by atoms with Crippen molar-refractivity contribution in [3.8, 4) is 5.75 Å². The van der Waals surface area contributed by atoms with E-state index in [-0.39, 0.29) is 29.2 Å². The standard InChI is InChI=1S/C26H32N2O8S2/c1-37(30,31)23-7-4-6-22(14-23)34-18-21(29)16-27-20-15-26(35-17-20)9-11-28(12-10-26)38(32,33)25-13-19-5-2-3-8-24(19)36-25/h2-8,13-14,20-21,27,29H,9-12,15-18H2,1H3. The number of hydrogen-bond acceptors (Lipinski definition) is 9. The molecule has 3 heterocycles. The van der Waals surface area contributed by atoms with Gasteiger partial charge in [-0.15, -0.1) is 0 Å². The molecular weight excluding hydrogens is 532 g/mol. The van der Waals surface area contributed by atoms with Crippen molar-refractivity contribution < 1.29 is 35.8 Å². The number of nitrogens with one attached hydrogen (secondary N) is 1. The van der Waals surface area contributed by atoms with Crippen molar-refractivity contribution in [3.63, 3.8) is 0 Å². The summed E-state index contributed by atoms with van der Waals surface area (Å²) in [6, 6.07) is 15.0. The van der Waals surface area contributed by atoms with Gasteiger partial charge in [0, 0.05) is 43.4 Å². The molecule has 2 unspecified atom stereocenters. The van der Waals surface area contributed by atoms with Crippen molar-refractivity contribution in [1.82, 2.24) is 9.62 Å². The summed E-state index contributed by atoms with van der Waals surface area (Å²) in [5, 5.41) is 14.4. The number of rotatable bonds is 9. The minimum absolute atomic E-state index is 0.00749. The third-order valence-corrected chi connectivity index (χ3v) is 10.0. The quantitative estimate of drug-likeness (QED) is 0.401. The van der Waals surface area contributed by atoms with E-state index in [9.17, 15) is 21.9 Å². The molecule has 12 heteroatoms. The zero-order chi connectivity index (χ0) is 27.0. The maximum atomic E-state index is 13.1. The van der Waals surface area contributed by atoms with Crippen LogP contribution in [0.5, 0.6) is 5.75 Å². The lowest BCUT2D eigenvalue weighted by atomic mass is 9.88. The number of para-hydroxylation sites is 1. The molecule has 2 saturated heterocycles. The summed E-state index contributed by atoms with van der Waals surface area (Å²) in [7, 11) is -7.07. The van der Waals surface area contributed by atoms with E-state index in [2.05, 4.69) is 5.32 Å². The Kier molecular flexibility index (Phi) is 7.55. The lowest BCUT2D eigenvalue weighted by Crippen LogP contribution is -2.47. The number of aliphatic hydroxyl groups is 1. The van der Waals surface area contributed by atoms with Gasteiger partial charge in [-0.1, -0.05) is 24.3 Å². The van der Waals surface area contributed by atoms with Gasteiger partial charge in [0.05, 0.1) is 17.1 Å². The summed E-state index contributed by atoms with van der Waals surface area (Å²) in [6.45, 7) is 1.44. The van der Waals surface area contributed by atoms with Gasteiger partial charge in [0.25, 0.3) is 10.0 Å². The van der Waals surface area contributed by atoms with E-state index >= 15 is 0 Å². The second-order valence-electron chi connectivity index (χ2n) is 10.0. The second kappa shape index (κ2) is 10.6. The predicted octanol–water partition coefficient (Wildman–Crippen LogP) is 2.18. The summed E-state index contributed by atoms with van der Waals surface area (Å²) < 4.78 is 68.5. The molecule has 2 aromatic carbocycles. The molecular formula is C26H32N2O8S2. The molecule has 2 aliphatic heterocycles. The van der Waals surface area contributed by atoms with Crippen LogP contribution in [-0.4, -0.2) is 83.1 Å². The van der Waals surface area contributed by atoms with Crippen LogP contribution in [0.15, 0.2) is 69.0 Å². The van der Waals surface area contributed by atoms with Crippen LogP contribution >= 0.6 is 0 Å². The van der Waals surface area contributed by atoms with Crippen LogP contribution in [0.4, 0.5) is 0 Å². The van der Waals surface area contributed by atoms with Gasteiger partial charge >= 0.3 is 0 Å². The number of fused-ring (bicyclic) bond motifs is 1. The summed E-state index contributed by atoms with van der Waals surface area (Å²) in [6.07, 6.45) is 2.20. The third kappa shape index (κ3) is 5.90. The van der Waals surface area contributed by atoms with Gasteiger partial charge in [-0.25, -0.2) is 16.8 Å². The van der Waals surface area contributed by atoms with E-state index in [0.29, 0.717) is 43.9 Å². The molecule has 1 spiro atoms. The molecule has 2 atom stereocenters. The van der Waals surface area contributed by atoms with Crippen LogP contribution in [0.2, 0.25) is 0 Å². The Labute approximate surface area is 222 Å². The first-order valence-electron chi connectivity index (χ1n) is 12.5. The fraction of sp³-hybridized carbons (Fsp3) is 0.462. The molecule has 0 bridgehead atoms. The number of furan rings is 1. The first kappa shape index (κ1) is 27.1. The smallest absolute Gasteiger partial charge is 0.276 e. The maximum absolute atomic E-state index is 13.1. The Bertz CT molecular complexity index is 1460. The lowest BCUT2D eigenvalue weighted by Gasteiger charge is -2.37. The molecule has 0 amide bonds. The van der Waals surface area contributed by atoms with E-state index in [1.54, 1.807) is 30.3 Å². The van der Waals surface area contributed by atoms with Crippen molar-refractivity contribution in [1.29, 1.82) is 0 Å². The van der Waals surface area contributed by atoms with Crippen molar-refractivity contribution in [2.24, 2.45) is 0 Å². The minimum atomic E-state index is -3.73. The lowest BCUT2D eigenvalue weighted by molar-refractivity contribution is -0.0313. The summed E-state index contributed by atoms with van der Waals surface area (Å²) >= 11 is 0. The number of piperidine rings is 1. The Balaban J connectivity index is 1.09. The van der Waals surface area contributed by atoms with E-state index in [4.69, 9.17) is 13.9 Å². The molecule has 2 aliphatic rings. The second-order valence-corrected chi connectivity index (χ2v) is 13.9. The number of aliphatic hydroxyl groups excluding tert-OH is 1.